The third-order valence-corrected chi connectivity index (χ3v) is 4.89. The van der Waals surface area contributed by atoms with E-state index in [-0.39, 0.29) is 30.6 Å². The Morgan fingerprint density at radius 2 is 2.07 bits per heavy atom. The second-order valence-electron chi connectivity index (χ2n) is 7.57. The fraction of sp³-hybridized carbons (Fsp3) is 0.474. The summed E-state index contributed by atoms with van der Waals surface area (Å²) in [5.41, 5.74) is 0.593. The molecule has 1 aromatic heterocycles. The number of nitrogens with zero attached hydrogens (tertiary/aromatic N) is 2. The van der Waals surface area contributed by atoms with Crippen LogP contribution >= 0.6 is 0 Å². The van der Waals surface area contributed by atoms with E-state index in [4.69, 9.17) is 9.47 Å². The second-order valence-corrected chi connectivity index (χ2v) is 7.57. The highest BCUT2D eigenvalue weighted by Crippen LogP contribution is 2.45. The third kappa shape index (κ3) is 3.83. The summed E-state index contributed by atoms with van der Waals surface area (Å²) in [4.78, 5) is 12.3. The van der Waals surface area contributed by atoms with Crippen molar-refractivity contribution >= 4 is 11.7 Å². The summed E-state index contributed by atoms with van der Waals surface area (Å²) in [6, 6.07) is 3.95. The minimum atomic E-state index is -4.51. The smallest absolute Gasteiger partial charge is 0.410 e. The lowest BCUT2D eigenvalue weighted by molar-refractivity contribution is -0.173. The maximum Gasteiger partial charge on any atom is 0.410 e. The van der Waals surface area contributed by atoms with Gasteiger partial charge in [0.2, 0.25) is 6.79 Å². The Morgan fingerprint density at radius 3 is 2.79 bits per heavy atom. The predicted molar refractivity (Wildman–Crippen MR) is 98.0 cm³/mol. The van der Waals surface area contributed by atoms with E-state index >= 15 is 0 Å². The van der Waals surface area contributed by atoms with Crippen molar-refractivity contribution in [3.8, 4) is 11.5 Å². The van der Waals surface area contributed by atoms with Crippen LogP contribution in [0.25, 0.3) is 0 Å². The summed E-state index contributed by atoms with van der Waals surface area (Å²) >= 11 is 0. The van der Waals surface area contributed by atoms with Crippen LogP contribution in [0.3, 0.4) is 0 Å². The Bertz CT molecular complexity index is 926. The van der Waals surface area contributed by atoms with E-state index in [1.165, 1.54) is 6.07 Å². The van der Waals surface area contributed by atoms with Crippen molar-refractivity contribution in [2.45, 2.75) is 38.5 Å². The fourth-order valence-electron chi connectivity index (χ4n) is 3.42. The van der Waals surface area contributed by atoms with Gasteiger partial charge in [-0.2, -0.15) is 18.3 Å². The quantitative estimate of drug-likeness (QED) is 0.805. The molecule has 0 unspecified atom stereocenters. The molecule has 2 N–H and O–H groups in total. The molecule has 2 aliphatic rings. The highest BCUT2D eigenvalue weighted by atomic mass is 19.4. The predicted octanol–water partition coefficient (Wildman–Crippen LogP) is 3.66. The number of aromatic nitrogens is 2. The molecule has 1 amide bonds. The van der Waals surface area contributed by atoms with Gasteiger partial charge in [0.05, 0.1) is 6.04 Å². The molecule has 7 nitrogen and oxygen atoms in total. The molecule has 29 heavy (non-hydrogen) atoms. The lowest BCUT2D eigenvalue weighted by Crippen LogP contribution is -2.36. The van der Waals surface area contributed by atoms with E-state index in [0.717, 1.165) is 4.68 Å². The van der Waals surface area contributed by atoms with Crippen molar-refractivity contribution in [2.75, 3.05) is 18.7 Å². The summed E-state index contributed by atoms with van der Waals surface area (Å²) < 4.78 is 52.7. The molecule has 0 saturated heterocycles. The number of halogens is 3. The van der Waals surface area contributed by atoms with Crippen LogP contribution in [-0.4, -0.2) is 35.2 Å². The lowest BCUT2D eigenvalue weighted by atomic mass is 9.96. The maximum atomic E-state index is 13.8. The SMILES string of the molecule is CC(C)CNC(=O)c1cc2n(n1)[C@H](C(F)(F)F)C[C@@H](c1ccc3c(c1)OCO3)N2. The number of anilines is 1. The number of alkyl halides is 3. The van der Waals surface area contributed by atoms with E-state index in [1.807, 2.05) is 13.8 Å². The number of amides is 1. The first-order valence-corrected chi connectivity index (χ1v) is 9.33. The zero-order valence-electron chi connectivity index (χ0n) is 15.9. The van der Waals surface area contributed by atoms with Gasteiger partial charge in [-0.1, -0.05) is 19.9 Å². The summed E-state index contributed by atoms with van der Waals surface area (Å²) in [5.74, 6) is 0.929. The number of carbonyl (C=O) groups is 1. The van der Waals surface area contributed by atoms with E-state index in [1.54, 1.807) is 18.2 Å². The first-order valence-electron chi connectivity index (χ1n) is 9.33. The van der Waals surface area contributed by atoms with E-state index in [2.05, 4.69) is 15.7 Å². The van der Waals surface area contributed by atoms with Crippen molar-refractivity contribution in [2.24, 2.45) is 5.92 Å². The summed E-state index contributed by atoms with van der Waals surface area (Å²) in [6.45, 7) is 4.35. The van der Waals surface area contributed by atoms with Gasteiger partial charge >= 0.3 is 6.18 Å². The van der Waals surface area contributed by atoms with Gasteiger partial charge in [-0.3, -0.25) is 4.79 Å². The first-order chi connectivity index (χ1) is 13.7. The average molecular weight is 410 g/mol. The minimum absolute atomic E-state index is 0.0475. The van der Waals surface area contributed by atoms with Crippen LogP contribution in [0.1, 0.15) is 48.4 Å². The van der Waals surface area contributed by atoms with Gasteiger partial charge in [0.1, 0.15) is 5.82 Å². The molecular formula is C19H21F3N4O3. The molecule has 0 radical (unpaired) electrons. The van der Waals surface area contributed by atoms with Crippen molar-refractivity contribution in [1.82, 2.24) is 15.1 Å². The molecule has 0 fully saturated rings. The van der Waals surface area contributed by atoms with E-state index < -0.39 is 24.2 Å². The molecule has 0 saturated carbocycles. The van der Waals surface area contributed by atoms with E-state index in [0.29, 0.717) is 23.6 Å². The molecule has 2 aromatic rings. The van der Waals surface area contributed by atoms with Gasteiger partial charge in [-0.15, -0.1) is 0 Å². The summed E-state index contributed by atoms with van der Waals surface area (Å²) in [6.07, 6.45) is -4.77. The first kappa shape index (κ1) is 19.4. The maximum absolute atomic E-state index is 13.8. The molecule has 0 spiro atoms. The topological polar surface area (TPSA) is 77.4 Å². The molecule has 0 aliphatic carbocycles. The van der Waals surface area contributed by atoms with Crippen molar-refractivity contribution in [3.63, 3.8) is 0 Å². The van der Waals surface area contributed by atoms with Gasteiger partial charge < -0.3 is 20.1 Å². The van der Waals surface area contributed by atoms with E-state index in [9.17, 15) is 18.0 Å². The van der Waals surface area contributed by atoms with Gasteiger partial charge in [-0.05, 0) is 23.6 Å². The number of ether oxygens (including phenoxy) is 2. The Morgan fingerprint density at radius 1 is 1.31 bits per heavy atom. The number of nitrogens with one attached hydrogen (secondary N) is 2. The third-order valence-electron chi connectivity index (χ3n) is 4.89. The molecule has 156 valence electrons. The van der Waals surface area contributed by atoms with Gasteiger partial charge in [0, 0.05) is 19.0 Å². The standard InChI is InChI=1S/C19H21F3N4O3/c1-10(2)8-23-18(27)13-7-17-24-12(6-16(19(20,21)22)26(17)25-13)11-3-4-14-15(5-11)29-9-28-14/h3-5,7,10,12,16,24H,6,8-9H2,1-2H3,(H,23,27)/t12-,16-/m0/s1. The zero-order chi connectivity index (χ0) is 20.8. The van der Waals surface area contributed by atoms with Crippen LogP contribution in [0, 0.1) is 5.92 Å². The van der Waals surface area contributed by atoms with Gasteiger partial charge in [0.15, 0.2) is 23.2 Å². The normalized spacial score (nSPS) is 20.3. The van der Waals surface area contributed by atoms with Crippen LogP contribution < -0.4 is 20.1 Å². The van der Waals surface area contributed by atoms with Crippen LogP contribution in [-0.2, 0) is 0 Å². The average Bonchev–Trinajstić information content (AvgIpc) is 3.30. The molecule has 0 bridgehead atoms. The monoisotopic (exact) mass is 410 g/mol. The number of fused-ring (bicyclic) bond motifs is 2. The number of rotatable bonds is 4. The minimum Gasteiger partial charge on any atom is -0.454 e. The summed E-state index contributed by atoms with van der Waals surface area (Å²) in [7, 11) is 0. The Labute approximate surface area is 165 Å². The molecule has 3 heterocycles. The zero-order valence-corrected chi connectivity index (χ0v) is 15.9. The molecule has 2 aliphatic heterocycles. The van der Waals surface area contributed by atoms with Crippen molar-refractivity contribution in [3.05, 3.63) is 35.5 Å². The van der Waals surface area contributed by atoms with Crippen LogP contribution in [0.15, 0.2) is 24.3 Å². The number of hydrogen-bond acceptors (Lipinski definition) is 5. The number of hydrogen-bond donors (Lipinski definition) is 2. The van der Waals surface area contributed by atoms with Gasteiger partial charge in [0.25, 0.3) is 5.91 Å². The Balaban J connectivity index is 1.63. The van der Waals surface area contributed by atoms with Crippen LogP contribution in [0.5, 0.6) is 11.5 Å². The fourth-order valence-corrected chi connectivity index (χ4v) is 3.42. The molecular weight excluding hydrogens is 389 g/mol. The largest absolute Gasteiger partial charge is 0.454 e. The highest BCUT2D eigenvalue weighted by molar-refractivity contribution is 5.93. The lowest BCUT2D eigenvalue weighted by Gasteiger charge is -2.33. The number of benzene rings is 1. The molecule has 1 aromatic carbocycles. The van der Waals surface area contributed by atoms with Gasteiger partial charge in [-0.25, -0.2) is 4.68 Å². The second kappa shape index (κ2) is 7.16. The molecule has 10 heteroatoms. The molecule has 2 atom stereocenters. The summed E-state index contributed by atoms with van der Waals surface area (Å²) in [5, 5.41) is 9.69. The van der Waals surface area contributed by atoms with Crippen LogP contribution in [0.4, 0.5) is 19.0 Å². The Hall–Kier alpha value is -2.91. The highest BCUT2D eigenvalue weighted by Gasteiger charge is 2.47. The van der Waals surface area contributed by atoms with Crippen molar-refractivity contribution in [1.29, 1.82) is 0 Å². The van der Waals surface area contributed by atoms with Crippen molar-refractivity contribution < 1.29 is 27.4 Å². The Kier molecular flexibility index (Phi) is 4.79. The molecule has 4 rings (SSSR count). The number of carbonyl (C=O) groups excluding carboxylic acids is 1. The van der Waals surface area contributed by atoms with Crippen LogP contribution in [0.2, 0.25) is 0 Å².